The molecule has 0 radical (unpaired) electrons. The summed E-state index contributed by atoms with van der Waals surface area (Å²) in [6.07, 6.45) is 0.540. The second kappa shape index (κ2) is 8.25. The van der Waals surface area contributed by atoms with Gasteiger partial charge in [-0.1, -0.05) is 48.5 Å². The number of nitrogens with zero attached hydrogens (tertiary/aromatic N) is 1. The van der Waals surface area contributed by atoms with E-state index in [0.717, 1.165) is 5.56 Å². The molecule has 2 atom stereocenters. The fourth-order valence-corrected chi connectivity index (χ4v) is 5.97. The smallest absolute Gasteiger partial charge is 0.326 e. The van der Waals surface area contributed by atoms with E-state index >= 15 is 0 Å². The molecule has 3 aromatic rings. The van der Waals surface area contributed by atoms with Crippen LogP contribution in [0.4, 0.5) is 21.0 Å². The number of carbonyl (C=O) groups is 2. The van der Waals surface area contributed by atoms with Gasteiger partial charge in [-0.05, 0) is 47.9 Å². The molecule has 9 heteroatoms. The van der Waals surface area contributed by atoms with Crippen LogP contribution in [0.15, 0.2) is 83.8 Å². The van der Waals surface area contributed by atoms with Crippen molar-refractivity contribution in [2.75, 3.05) is 16.8 Å². The van der Waals surface area contributed by atoms with Gasteiger partial charge in [0.25, 0.3) is 0 Å². The molecule has 5 rings (SSSR count). The van der Waals surface area contributed by atoms with Crippen LogP contribution in [-0.4, -0.2) is 32.4 Å². The molecule has 2 unspecified atom stereocenters. The Morgan fingerprint density at radius 3 is 2.36 bits per heavy atom. The number of urea groups is 2. The van der Waals surface area contributed by atoms with Gasteiger partial charge in [-0.2, -0.15) is 0 Å². The van der Waals surface area contributed by atoms with Crippen LogP contribution in [0.5, 0.6) is 0 Å². The Morgan fingerprint density at radius 2 is 1.64 bits per heavy atom. The first-order chi connectivity index (χ1) is 15.9. The highest BCUT2D eigenvalue weighted by atomic mass is 32.2. The van der Waals surface area contributed by atoms with E-state index in [-0.39, 0.29) is 10.9 Å². The van der Waals surface area contributed by atoms with Gasteiger partial charge in [-0.3, -0.25) is 4.90 Å². The summed E-state index contributed by atoms with van der Waals surface area (Å²) in [6.45, 7) is 0.450. The van der Waals surface area contributed by atoms with E-state index in [1.165, 1.54) is 6.07 Å². The van der Waals surface area contributed by atoms with Crippen molar-refractivity contribution in [1.82, 2.24) is 10.6 Å². The van der Waals surface area contributed by atoms with Gasteiger partial charge < -0.3 is 16.0 Å². The van der Waals surface area contributed by atoms with Crippen molar-refractivity contribution < 1.29 is 18.0 Å². The van der Waals surface area contributed by atoms with E-state index in [9.17, 15) is 18.0 Å². The quantitative estimate of drug-likeness (QED) is 0.552. The summed E-state index contributed by atoms with van der Waals surface area (Å²) in [5.74, 6) is 0. The zero-order valence-electron chi connectivity index (χ0n) is 17.6. The van der Waals surface area contributed by atoms with Crippen molar-refractivity contribution in [2.45, 2.75) is 22.7 Å². The molecule has 0 aromatic heterocycles. The molecular weight excluding hydrogens is 440 g/mol. The predicted molar refractivity (Wildman–Crippen MR) is 125 cm³/mol. The summed E-state index contributed by atoms with van der Waals surface area (Å²) in [5.41, 5.74) is 2.84. The SMILES string of the molecule is O=C1NC(c2ccccc2)C(S(=O)(=O)c2ccc3c(c2)CCN3C(=O)Nc2ccccc2)N1. The lowest BCUT2D eigenvalue weighted by molar-refractivity contribution is 0.247. The second-order valence-electron chi connectivity index (χ2n) is 7.96. The molecule has 0 bridgehead atoms. The molecule has 0 spiro atoms. The fourth-order valence-electron chi connectivity index (χ4n) is 4.27. The molecule has 3 N–H and O–H groups in total. The van der Waals surface area contributed by atoms with Crippen molar-refractivity contribution in [3.63, 3.8) is 0 Å². The van der Waals surface area contributed by atoms with Gasteiger partial charge in [0.1, 0.15) is 0 Å². The van der Waals surface area contributed by atoms with Gasteiger partial charge in [-0.25, -0.2) is 18.0 Å². The Balaban J connectivity index is 1.41. The van der Waals surface area contributed by atoms with Crippen molar-refractivity contribution in [1.29, 1.82) is 0 Å². The molecule has 0 saturated carbocycles. The maximum atomic E-state index is 13.5. The van der Waals surface area contributed by atoms with Gasteiger partial charge >= 0.3 is 12.1 Å². The summed E-state index contributed by atoms with van der Waals surface area (Å²) in [6, 6.07) is 21.4. The van der Waals surface area contributed by atoms with E-state index in [1.807, 2.05) is 24.3 Å². The van der Waals surface area contributed by atoms with E-state index in [2.05, 4.69) is 16.0 Å². The Hall–Kier alpha value is -3.85. The molecule has 1 saturated heterocycles. The minimum absolute atomic E-state index is 0.112. The first-order valence-electron chi connectivity index (χ1n) is 10.6. The lowest BCUT2D eigenvalue weighted by atomic mass is 10.1. The number of nitrogens with one attached hydrogen (secondary N) is 3. The number of fused-ring (bicyclic) bond motifs is 1. The first-order valence-corrected chi connectivity index (χ1v) is 12.1. The molecule has 168 valence electrons. The highest BCUT2D eigenvalue weighted by Crippen LogP contribution is 2.34. The van der Waals surface area contributed by atoms with Gasteiger partial charge in [-0.15, -0.1) is 0 Å². The number of carbonyl (C=O) groups excluding carboxylic acids is 2. The molecule has 33 heavy (non-hydrogen) atoms. The summed E-state index contributed by atoms with van der Waals surface area (Å²) >= 11 is 0. The maximum absolute atomic E-state index is 13.5. The highest BCUT2D eigenvalue weighted by Gasteiger charge is 2.43. The fraction of sp³-hybridized carbons (Fsp3) is 0.167. The number of para-hydroxylation sites is 1. The highest BCUT2D eigenvalue weighted by molar-refractivity contribution is 7.92. The summed E-state index contributed by atoms with van der Waals surface area (Å²) < 4.78 is 26.9. The van der Waals surface area contributed by atoms with E-state index in [1.54, 1.807) is 53.4 Å². The summed E-state index contributed by atoms with van der Waals surface area (Å²) in [7, 11) is -3.89. The topological polar surface area (TPSA) is 108 Å². The average molecular weight is 463 g/mol. The summed E-state index contributed by atoms with van der Waals surface area (Å²) in [4.78, 5) is 26.5. The number of amides is 4. The maximum Gasteiger partial charge on any atom is 0.326 e. The largest absolute Gasteiger partial charge is 0.328 e. The Labute approximate surface area is 191 Å². The van der Waals surface area contributed by atoms with E-state index in [4.69, 9.17) is 0 Å². The zero-order valence-corrected chi connectivity index (χ0v) is 18.4. The van der Waals surface area contributed by atoms with Gasteiger partial charge in [0, 0.05) is 17.9 Å². The van der Waals surface area contributed by atoms with Crippen LogP contribution in [0.3, 0.4) is 0 Å². The van der Waals surface area contributed by atoms with Crippen LogP contribution in [0.25, 0.3) is 0 Å². The Bertz CT molecular complexity index is 1310. The monoisotopic (exact) mass is 462 g/mol. The molecule has 2 aliphatic heterocycles. The Morgan fingerprint density at radius 1 is 0.939 bits per heavy atom. The molecule has 8 nitrogen and oxygen atoms in total. The molecular formula is C24H22N4O4S. The van der Waals surface area contributed by atoms with Crippen LogP contribution in [0, 0.1) is 0 Å². The molecule has 1 fully saturated rings. The number of benzene rings is 3. The number of hydrogen-bond acceptors (Lipinski definition) is 4. The van der Waals surface area contributed by atoms with Crippen LogP contribution in [0.1, 0.15) is 17.2 Å². The van der Waals surface area contributed by atoms with E-state index < -0.39 is 27.3 Å². The van der Waals surface area contributed by atoms with Gasteiger partial charge in [0.05, 0.1) is 10.9 Å². The van der Waals surface area contributed by atoms with Crippen molar-refractivity contribution in [3.8, 4) is 0 Å². The minimum atomic E-state index is -3.89. The zero-order chi connectivity index (χ0) is 23.0. The molecule has 2 aliphatic rings. The van der Waals surface area contributed by atoms with Crippen LogP contribution in [-0.2, 0) is 16.3 Å². The first kappa shape index (κ1) is 21.0. The average Bonchev–Trinajstić information content (AvgIpc) is 3.44. The van der Waals surface area contributed by atoms with Crippen LogP contribution < -0.4 is 20.9 Å². The lowest BCUT2D eigenvalue weighted by Crippen LogP contribution is -2.36. The number of anilines is 2. The molecule has 4 amide bonds. The Kier molecular flexibility index (Phi) is 5.26. The van der Waals surface area contributed by atoms with Crippen LogP contribution in [0.2, 0.25) is 0 Å². The van der Waals surface area contributed by atoms with Crippen LogP contribution >= 0.6 is 0 Å². The van der Waals surface area contributed by atoms with Gasteiger partial charge in [0.15, 0.2) is 5.37 Å². The number of rotatable bonds is 4. The number of sulfone groups is 1. The lowest BCUT2D eigenvalue weighted by Gasteiger charge is -2.21. The predicted octanol–water partition coefficient (Wildman–Crippen LogP) is 3.44. The molecule has 2 heterocycles. The third-order valence-corrected chi connectivity index (χ3v) is 7.87. The second-order valence-corrected chi connectivity index (χ2v) is 10.0. The van der Waals surface area contributed by atoms with E-state index in [0.29, 0.717) is 29.9 Å². The number of hydrogen-bond donors (Lipinski definition) is 3. The standard InChI is InChI=1S/C24H22N4O4S/c29-23-26-21(16-7-3-1-4-8-16)22(27-23)33(31,32)19-11-12-20-17(15-19)13-14-28(20)24(30)25-18-9-5-2-6-10-18/h1-12,15,21-22H,13-14H2,(H,25,30)(H2,26,27,29). The minimum Gasteiger partial charge on any atom is -0.328 e. The summed E-state index contributed by atoms with van der Waals surface area (Å²) in [5, 5.41) is 6.98. The third kappa shape index (κ3) is 3.91. The van der Waals surface area contributed by atoms with Crippen molar-refractivity contribution in [3.05, 3.63) is 90.0 Å². The van der Waals surface area contributed by atoms with Crippen molar-refractivity contribution in [2.24, 2.45) is 0 Å². The van der Waals surface area contributed by atoms with Crippen molar-refractivity contribution >= 4 is 33.3 Å². The molecule has 0 aliphatic carbocycles. The van der Waals surface area contributed by atoms with Gasteiger partial charge in [0.2, 0.25) is 9.84 Å². The molecule has 3 aromatic carbocycles. The third-order valence-electron chi connectivity index (χ3n) is 5.90. The normalized spacial score (nSPS) is 19.5.